The first kappa shape index (κ1) is 13.4. The Balaban J connectivity index is 1.63. The van der Waals surface area contributed by atoms with Crippen LogP contribution in [0.25, 0.3) is 5.65 Å². The third-order valence-electron chi connectivity index (χ3n) is 3.20. The maximum absolute atomic E-state index is 4.53. The third kappa shape index (κ3) is 3.10. The van der Waals surface area contributed by atoms with Gasteiger partial charge in [0, 0.05) is 43.3 Å². The number of fused-ring (bicyclic) bond motifs is 1. The summed E-state index contributed by atoms with van der Waals surface area (Å²) in [6.07, 6.45) is 6.25. The normalized spacial score (nSPS) is 10.7. The summed E-state index contributed by atoms with van der Waals surface area (Å²) in [6, 6.07) is 7.88. The molecule has 0 saturated heterocycles. The standard InChI is InChI=1S/C15H18N6/c1-2-12-10-15(21-14(20-12)5-7-19-21)18-9-8-17-13-4-3-6-16-11-13/h3-7,10-11,17-18H,2,8-9H2,1H3. The fourth-order valence-corrected chi connectivity index (χ4v) is 2.14. The molecule has 0 aliphatic rings. The summed E-state index contributed by atoms with van der Waals surface area (Å²) in [5.41, 5.74) is 2.95. The molecule has 0 spiro atoms. The number of nitrogens with zero attached hydrogens (tertiary/aromatic N) is 4. The fraction of sp³-hybridized carbons (Fsp3) is 0.267. The van der Waals surface area contributed by atoms with Crippen molar-refractivity contribution in [2.45, 2.75) is 13.3 Å². The van der Waals surface area contributed by atoms with Gasteiger partial charge in [-0.05, 0) is 18.6 Å². The van der Waals surface area contributed by atoms with E-state index in [-0.39, 0.29) is 0 Å². The van der Waals surface area contributed by atoms with Crippen LogP contribution in [0.3, 0.4) is 0 Å². The number of aryl methyl sites for hydroxylation is 1. The van der Waals surface area contributed by atoms with Crippen molar-refractivity contribution in [2.24, 2.45) is 0 Å². The number of aromatic nitrogens is 4. The van der Waals surface area contributed by atoms with Crippen LogP contribution < -0.4 is 10.6 Å². The summed E-state index contributed by atoms with van der Waals surface area (Å²) in [5, 5.41) is 11.0. The summed E-state index contributed by atoms with van der Waals surface area (Å²) in [6.45, 7) is 3.69. The average molecular weight is 282 g/mol. The fourth-order valence-electron chi connectivity index (χ4n) is 2.14. The molecule has 0 fully saturated rings. The van der Waals surface area contributed by atoms with Gasteiger partial charge < -0.3 is 10.6 Å². The van der Waals surface area contributed by atoms with Gasteiger partial charge in [-0.15, -0.1) is 0 Å². The van der Waals surface area contributed by atoms with E-state index in [1.165, 1.54) is 0 Å². The molecule has 6 heteroatoms. The first-order valence-corrected chi connectivity index (χ1v) is 7.08. The van der Waals surface area contributed by atoms with Crippen molar-refractivity contribution >= 4 is 17.2 Å². The Morgan fingerprint density at radius 3 is 2.86 bits per heavy atom. The Hall–Kier alpha value is -2.63. The van der Waals surface area contributed by atoms with Crippen molar-refractivity contribution in [3.8, 4) is 0 Å². The molecule has 3 aromatic rings. The minimum atomic E-state index is 0.789. The van der Waals surface area contributed by atoms with Gasteiger partial charge in [0.2, 0.25) is 0 Å². The molecule has 0 saturated carbocycles. The Morgan fingerprint density at radius 2 is 2.05 bits per heavy atom. The molecule has 21 heavy (non-hydrogen) atoms. The van der Waals surface area contributed by atoms with Gasteiger partial charge in [-0.2, -0.15) is 9.61 Å². The van der Waals surface area contributed by atoms with E-state index >= 15 is 0 Å². The van der Waals surface area contributed by atoms with Gasteiger partial charge in [0.05, 0.1) is 11.9 Å². The average Bonchev–Trinajstić information content (AvgIpc) is 3.00. The highest BCUT2D eigenvalue weighted by atomic mass is 15.3. The molecule has 0 radical (unpaired) electrons. The quantitative estimate of drug-likeness (QED) is 0.679. The van der Waals surface area contributed by atoms with Gasteiger partial charge in [-0.1, -0.05) is 6.92 Å². The van der Waals surface area contributed by atoms with Crippen LogP contribution in [0.5, 0.6) is 0 Å². The zero-order valence-corrected chi connectivity index (χ0v) is 12.0. The van der Waals surface area contributed by atoms with E-state index < -0.39 is 0 Å². The van der Waals surface area contributed by atoms with Gasteiger partial charge in [0.15, 0.2) is 5.65 Å². The molecule has 108 valence electrons. The van der Waals surface area contributed by atoms with Gasteiger partial charge in [0.25, 0.3) is 0 Å². The van der Waals surface area contributed by atoms with Crippen LogP contribution in [0, 0.1) is 0 Å². The van der Waals surface area contributed by atoms with Crippen LogP contribution in [0.15, 0.2) is 42.9 Å². The summed E-state index contributed by atoms with van der Waals surface area (Å²) < 4.78 is 1.82. The predicted molar refractivity (Wildman–Crippen MR) is 83.6 cm³/mol. The maximum Gasteiger partial charge on any atom is 0.157 e. The largest absolute Gasteiger partial charge is 0.382 e. The molecule has 3 aromatic heterocycles. The smallest absolute Gasteiger partial charge is 0.157 e. The van der Waals surface area contributed by atoms with Crippen LogP contribution in [-0.2, 0) is 6.42 Å². The summed E-state index contributed by atoms with van der Waals surface area (Å²) in [4.78, 5) is 8.60. The Morgan fingerprint density at radius 1 is 1.14 bits per heavy atom. The second-order valence-corrected chi connectivity index (χ2v) is 4.68. The number of nitrogens with one attached hydrogen (secondary N) is 2. The first-order valence-electron chi connectivity index (χ1n) is 7.08. The van der Waals surface area contributed by atoms with E-state index in [9.17, 15) is 0 Å². The summed E-state index contributed by atoms with van der Waals surface area (Å²) in [7, 11) is 0. The Labute approximate surface area is 123 Å². The molecular weight excluding hydrogens is 264 g/mol. The Bertz CT molecular complexity index is 707. The lowest BCUT2D eigenvalue weighted by atomic mass is 10.3. The molecule has 0 unspecified atom stereocenters. The summed E-state index contributed by atoms with van der Waals surface area (Å²) in [5.74, 6) is 0.967. The van der Waals surface area contributed by atoms with Crippen LogP contribution in [0.1, 0.15) is 12.6 Å². The number of rotatable bonds is 6. The summed E-state index contributed by atoms with van der Waals surface area (Å²) >= 11 is 0. The van der Waals surface area contributed by atoms with E-state index in [0.717, 1.165) is 42.4 Å². The SMILES string of the molecule is CCc1cc(NCCNc2cccnc2)n2nccc2n1. The lowest BCUT2D eigenvalue weighted by molar-refractivity contribution is 0.901. The lowest BCUT2D eigenvalue weighted by Gasteiger charge is -2.11. The molecule has 0 bridgehead atoms. The molecule has 0 amide bonds. The van der Waals surface area contributed by atoms with Crippen molar-refractivity contribution < 1.29 is 0 Å². The van der Waals surface area contributed by atoms with Crippen LogP contribution in [0.2, 0.25) is 0 Å². The molecule has 3 rings (SSSR count). The van der Waals surface area contributed by atoms with Gasteiger partial charge in [-0.3, -0.25) is 4.98 Å². The van der Waals surface area contributed by atoms with Gasteiger partial charge >= 0.3 is 0 Å². The van der Waals surface area contributed by atoms with Crippen LogP contribution >= 0.6 is 0 Å². The Kier molecular flexibility index (Phi) is 3.95. The number of hydrogen-bond donors (Lipinski definition) is 2. The van der Waals surface area contributed by atoms with Crippen molar-refractivity contribution in [1.82, 2.24) is 19.6 Å². The highest BCUT2D eigenvalue weighted by Crippen LogP contribution is 2.12. The highest BCUT2D eigenvalue weighted by Gasteiger charge is 2.04. The van der Waals surface area contributed by atoms with E-state index in [4.69, 9.17) is 0 Å². The topological polar surface area (TPSA) is 67.1 Å². The third-order valence-corrected chi connectivity index (χ3v) is 3.20. The minimum absolute atomic E-state index is 0.789. The van der Waals surface area contributed by atoms with E-state index in [1.54, 1.807) is 12.4 Å². The van der Waals surface area contributed by atoms with Crippen molar-refractivity contribution in [2.75, 3.05) is 23.7 Å². The van der Waals surface area contributed by atoms with E-state index in [1.807, 2.05) is 35.0 Å². The zero-order valence-electron chi connectivity index (χ0n) is 12.0. The van der Waals surface area contributed by atoms with Crippen molar-refractivity contribution in [3.05, 3.63) is 48.5 Å². The van der Waals surface area contributed by atoms with Gasteiger partial charge in [-0.25, -0.2) is 4.98 Å². The highest BCUT2D eigenvalue weighted by molar-refractivity contribution is 5.49. The second kappa shape index (κ2) is 6.21. The van der Waals surface area contributed by atoms with Crippen molar-refractivity contribution in [1.29, 1.82) is 0 Å². The molecule has 0 aliphatic carbocycles. The van der Waals surface area contributed by atoms with E-state index in [2.05, 4.69) is 32.6 Å². The molecule has 0 aliphatic heterocycles. The van der Waals surface area contributed by atoms with E-state index in [0.29, 0.717) is 0 Å². The molecule has 2 N–H and O–H groups in total. The molecular formula is C15H18N6. The minimum Gasteiger partial charge on any atom is -0.382 e. The zero-order chi connectivity index (χ0) is 14.5. The molecule has 0 atom stereocenters. The van der Waals surface area contributed by atoms with Crippen LogP contribution in [0.4, 0.5) is 11.5 Å². The molecule has 0 aromatic carbocycles. The maximum atomic E-state index is 4.53. The molecule has 6 nitrogen and oxygen atoms in total. The first-order chi connectivity index (χ1) is 10.4. The predicted octanol–water partition coefficient (Wildman–Crippen LogP) is 2.21. The van der Waals surface area contributed by atoms with Gasteiger partial charge in [0.1, 0.15) is 5.82 Å². The second-order valence-electron chi connectivity index (χ2n) is 4.68. The lowest BCUT2D eigenvalue weighted by Crippen LogP contribution is -2.16. The van der Waals surface area contributed by atoms with Crippen LogP contribution in [-0.4, -0.2) is 32.7 Å². The number of pyridine rings is 1. The van der Waals surface area contributed by atoms with Crippen molar-refractivity contribution in [3.63, 3.8) is 0 Å². The monoisotopic (exact) mass is 282 g/mol. The number of hydrogen-bond acceptors (Lipinski definition) is 5. The molecule has 3 heterocycles. The number of anilines is 2.